The van der Waals surface area contributed by atoms with E-state index >= 15 is 0 Å². The maximum Gasteiger partial charge on any atom is 0.326 e. The Labute approximate surface area is 237 Å². The highest BCUT2D eigenvalue weighted by Crippen LogP contribution is 2.48. The van der Waals surface area contributed by atoms with Crippen LogP contribution in [0, 0.1) is 12.8 Å². The van der Waals surface area contributed by atoms with Gasteiger partial charge in [0.25, 0.3) is 5.91 Å². The molecule has 5 heterocycles. The number of aromatic nitrogens is 1. The molecule has 1 aromatic heterocycles. The SMILES string of the molecule is C=CC(=O)N1CCC[C@@H](NC(=O)C2=C3NC(=O)N(c4cnc(Oc5ccccc5)cc4C)C4CCNC(S2)C34)C1. The van der Waals surface area contributed by atoms with Crippen molar-refractivity contribution >= 4 is 35.3 Å². The van der Waals surface area contributed by atoms with Gasteiger partial charge in [0.05, 0.1) is 28.2 Å². The van der Waals surface area contributed by atoms with E-state index in [1.165, 1.54) is 17.8 Å². The number of aryl methyl sites for hydroxylation is 1. The fraction of sp³-hybridized carbons (Fsp3) is 0.379. The first kappa shape index (κ1) is 26.4. The number of rotatable bonds is 6. The third kappa shape index (κ3) is 4.95. The highest BCUT2D eigenvalue weighted by Gasteiger charge is 2.52. The van der Waals surface area contributed by atoms with Crippen LogP contribution in [0.3, 0.4) is 0 Å². The molecule has 208 valence electrons. The first-order chi connectivity index (χ1) is 19.4. The van der Waals surface area contributed by atoms with Gasteiger partial charge in [0.15, 0.2) is 0 Å². The number of nitrogens with one attached hydrogen (secondary N) is 3. The van der Waals surface area contributed by atoms with Crippen molar-refractivity contribution < 1.29 is 19.1 Å². The Balaban J connectivity index is 1.22. The molecule has 4 amide bonds. The average Bonchev–Trinajstić information content (AvgIpc) is 3.33. The molecule has 3 unspecified atom stereocenters. The van der Waals surface area contributed by atoms with Gasteiger partial charge in [-0.25, -0.2) is 9.78 Å². The fourth-order valence-electron chi connectivity index (χ4n) is 6.02. The summed E-state index contributed by atoms with van der Waals surface area (Å²) in [4.78, 5) is 47.7. The lowest BCUT2D eigenvalue weighted by Gasteiger charge is -2.46. The Kier molecular flexibility index (Phi) is 7.24. The molecule has 4 aliphatic heterocycles. The minimum Gasteiger partial charge on any atom is -0.439 e. The van der Waals surface area contributed by atoms with E-state index < -0.39 is 0 Å². The van der Waals surface area contributed by atoms with Crippen molar-refractivity contribution in [2.45, 2.75) is 43.6 Å². The Morgan fingerprint density at radius 3 is 2.85 bits per heavy atom. The number of carbonyl (C=O) groups is 3. The summed E-state index contributed by atoms with van der Waals surface area (Å²) in [6.45, 7) is 7.36. The number of anilines is 1. The molecule has 0 saturated carbocycles. The normalized spacial score (nSPS) is 25.7. The van der Waals surface area contributed by atoms with Gasteiger partial charge in [-0.2, -0.15) is 0 Å². The smallest absolute Gasteiger partial charge is 0.326 e. The van der Waals surface area contributed by atoms with Crippen LogP contribution >= 0.6 is 11.8 Å². The van der Waals surface area contributed by atoms with Crippen LogP contribution in [0.2, 0.25) is 0 Å². The number of thioether (sulfide) groups is 1. The van der Waals surface area contributed by atoms with E-state index in [1.54, 1.807) is 16.0 Å². The zero-order chi connectivity index (χ0) is 27.8. The number of benzene rings is 1. The number of likely N-dealkylation sites (tertiary alicyclic amines) is 1. The van der Waals surface area contributed by atoms with Crippen molar-refractivity contribution in [3.05, 3.63) is 71.4 Å². The van der Waals surface area contributed by atoms with Crippen LogP contribution < -0.4 is 25.6 Å². The van der Waals surface area contributed by atoms with Crippen molar-refractivity contribution in [2.24, 2.45) is 5.92 Å². The molecular formula is C29H32N6O4S. The fourth-order valence-corrected chi connectivity index (χ4v) is 7.42. The largest absolute Gasteiger partial charge is 0.439 e. The molecule has 0 radical (unpaired) electrons. The molecule has 4 aliphatic rings. The van der Waals surface area contributed by atoms with Gasteiger partial charge in [-0.15, -0.1) is 0 Å². The van der Waals surface area contributed by atoms with Crippen LogP contribution in [0.4, 0.5) is 10.5 Å². The first-order valence-electron chi connectivity index (χ1n) is 13.6. The second-order valence-corrected chi connectivity index (χ2v) is 11.6. The Bertz CT molecular complexity index is 1380. The van der Waals surface area contributed by atoms with Gasteiger partial charge in [-0.1, -0.05) is 36.5 Å². The molecule has 3 fully saturated rings. The summed E-state index contributed by atoms with van der Waals surface area (Å²) in [6, 6.07) is 10.7. The summed E-state index contributed by atoms with van der Waals surface area (Å²) in [7, 11) is 0. The van der Waals surface area contributed by atoms with Crippen LogP contribution in [0.5, 0.6) is 11.6 Å². The van der Waals surface area contributed by atoms with Gasteiger partial charge in [-0.3, -0.25) is 14.5 Å². The number of amides is 4. The third-order valence-electron chi connectivity index (χ3n) is 7.87. The van der Waals surface area contributed by atoms with E-state index in [4.69, 9.17) is 4.74 Å². The molecule has 4 atom stereocenters. The minimum atomic E-state index is -0.272. The van der Waals surface area contributed by atoms with Gasteiger partial charge >= 0.3 is 6.03 Å². The summed E-state index contributed by atoms with van der Waals surface area (Å²) < 4.78 is 5.89. The molecule has 1 aromatic carbocycles. The van der Waals surface area contributed by atoms with Crippen molar-refractivity contribution in [3.63, 3.8) is 0 Å². The van der Waals surface area contributed by atoms with Gasteiger partial charge in [0, 0.05) is 36.8 Å². The maximum absolute atomic E-state index is 13.6. The molecule has 10 nitrogen and oxygen atoms in total. The predicted molar refractivity (Wildman–Crippen MR) is 153 cm³/mol. The molecule has 2 aromatic rings. The van der Waals surface area contributed by atoms with Gasteiger partial charge < -0.3 is 25.6 Å². The van der Waals surface area contributed by atoms with E-state index in [1.807, 2.05) is 43.3 Å². The minimum absolute atomic E-state index is 0.0308. The number of piperidine rings is 2. The average molecular weight is 561 g/mol. The number of para-hydroxylation sites is 1. The Hall–Kier alpha value is -3.83. The van der Waals surface area contributed by atoms with E-state index in [9.17, 15) is 14.4 Å². The molecule has 0 spiro atoms. The molecule has 0 bridgehead atoms. The molecule has 11 heteroatoms. The zero-order valence-corrected chi connectivity index (χ0v) is 23.1. The molecule has 3 N–H and O–H groups in total. The summed E-state index contributed by atoms with van der Waals surface area (Å²) in [5.74, 6) is 0.748. The van der Waals surface area contributed by atoms with Crippen molar-refractivity contribution in [1.82, 2.24) is 25.8 Å². The molecule has 0 aliphatic carbocycles. The third-order valence-corrected chi connectivity index (χ3v) is 9.23. The Morgan fingerprint density at radius 1 is 1.25 bits per heavy atom. The number of nitrogens with zero attached hydrogens (tertiary/aromatic N) is 3. The van der Waals surface area contributed by atoms with E-state index in [2.05, 4.69) is 27.5 Å². The van der Waals surface area contributed by atoms with Crippen molar-refractivity contribution in [3.8, 4) is 11.6 Å². The summed E-state index contributed by atoms with van der Waals surface area (Å²) >= 11 is 1.47. The maximum atomic E-state index is 13.6. The lowest BCUT2D eigenvalue weighted by molar-refractivity contribution is -0.128. The van der Waals surface area contributed by atoms with Crippen LogP contribution in [-0.2, 0) is 9.59 Å². The summed E-state index contributed by atoms with van der Waals surface area (Å²) in [5.41, 5.74) is 2.27. The zero-order valence-electron chi connectivity index (χ0n) is 22.3. The number of hydrogen-bond acceptors (Lipinski definition) is 7. The Morgan fingerprint density at radius 2 is 2.08 bits per heavy atom. The quantitative estimate of drug-likeness (QED) is 0.465. The number of pyridine rings is 1. The van der Waals surface area contributed by atoms with Gasteiger partial charge in [0.2, 0.25) is 11.8 Å². The monoisotopic (exact) mass is 560 g/mol. The lowest BCUT2D eigenvalue weighted by atomic mass is 9.86. The predicted octanol–water partition coefficient (Wildman–Crippen LogP) is 3.27. The van der Waals surface area contributed by atoms with Crippen molar-refractivity contribution in [2.75, 3.05) is 24.5 Å². The number of carbonyl (C=O) groups excluding carboxylic acids is 3. The second kappa shape index (κ2) is 11.0. The molecule has 40 heavy (non-hydrogen) atoms. The standard InChI is InChI=1S/C29H32N6O4S/c1-3-23(36)34-13-7-8-18(16-34)32-27(37)26-25-24-20(11-12-30-28(24)40-26)35(29(38)33-25)21-15-31-22(14-17(21)2)39-19-9-5-4-6-10-19/h3-6,9-10,14-15,18,20,24,28,30H,1,7-8,11-13,16H2,2H3,(H,32,37)(H,33,38)/t18-,20?,24?,28?/m1/s1. The number of urea groups is 1. The second-order valence-electron chi connectivity index (χ2n) is 10.4. The van der Waals surface area contributed by atoms with Crippen molar-refractivity contribution in [1.29, 1.82) is 0 Å². The summed E-state index contributed by atoms with van der Waals surface area (Å²) in [5, 5.41) is 9.66. The van der Waals surface area contributed by atoms with E-state index in [0.29, 0.717) is 35.3 Å². The number of ether oxygens (including phenoxy) is 1. The lowest BCUT2D eigenvalue weighted by Crippen LogP contribution is -2.62. The summed E-state index contributed by atoms with van der Waals surface area (Å²) in [6.07, 6.45) is 5.35. The van der Waals surface area contributed by atoms with Gasteiger partial charge in [-0.05, 0) is 56.5 Å². The highest BCUT2D eigenvalue weighted by atomic mass is 32.2. The first-order valence-corrected chi connectivity index (χ1v) is 14.5. The molecule has 6 rings (SSSR count). The van der Waals surface area contributed by atoms with Crippen LogP contribution in [0.1, 0.15) is 24.8 Å². The van der Waals surface area contributed by atoms with Crippen LogP contribution in [0.25, 0.3) is 0 Å². The molecule has 3 saturated heterocycles. The topological polar surface area (TPSA) is 116 Å². The highest BCUT2D eigenvalue weighted by molar-refractivity contribution is 8.04. The number of hydrogen-bond donors (Lipinski definition) is 3. The van der Waals surface area contributed by atoms with Gasteiger partial charge in [0.1, 0.15) is 5.75 Å². The molecular weight excluding hydrogens is 528 g/mol. The van der Waals surface area contributed by atoms with E-state index in [-0.39, 0.29) is 41.2 Å². The van der Waals surface area contributed by atoms with Crippen LogP contribution in [0.15, 0.2) is 65.9 Å². The van der Waals surface area contributed by atoms with Crippen LogP contribution in [-0.4, -0.2) is 64.8 Å². The van der Waals surface area contributed by atoms with E-state index in [0.717, 1.165) is 37.1 Å².